The van der Waals surface area contributed by atoms with Crippen molar-refractivity contribution in [1.29, 1.82) is 0 Å². The van der Waals surface area contributed by atoms with Gasteiger partial charge in [-0.3, -0.25) is 0 Å². The number of hydrogen-bond acceptors (Lipinski definition) is 5. The molecule has 27 heavy (non-hydrogen) atoms. The predicted octanol–water partition coefficient (Wildman–Crippen LogP) is 3.46. The summed E-state index contributed by atoms with van der Waals surface area (Å²) in [7, 11) is -1.73. The molecule has 0 saturated heterocycles. The monoisotopic (exact) mass is 402 g/mol. The molecule has 2 aromatic heterocycles. The molecule has 6 nitrogen and oxygen atoms in total. The van der Waals surface area contributed by atoms with Gasteiger partial charge < -0.3 is 4.90 Å². The molecule has 1 aliphatic rings. The van der Waals surface area contributed by atoms with Crippen molar-refractivity contribution in [1.82, 2.24) is 14.8 Å². The Balaban J connectivity index is 2.03. The molecule has 0 spiro atoms. The van der Waals surface area contributed by atoms with E-state index in [2.05, 4.69) is 10.1 Å². The summed E-state index contributed by atoms with van der Waals surface area (Å²) in [6, 6.07) is 3.84. The van der Waals surface area contributed by atoms with Gasteiger partial charge in [-0.25, -0.2) is 18.1 Å². The molecular weight excluding hydrogens is 381 g/mol. The lowest BCUT2D eigenvalue weighted by Crippen LogP contribution is -2.34. The van der Waals surface area contributed by atoms with E-state index in [1.807, 2.05) is 4.90 Å². The van der Waals surface area contributed by atoms with Gasteiger partial charge >= 0.3 is 6.18 Å². The van der Waals surface area contributed by atoms with E-state index in [0.29, 0.717) is 5.82 Å². The number of halogens is 3. The maximum absolute atomic E-state index is 13.2. The summed E-state index contributed by atoms with van der Waals surface area (Å²) < 4.78 is 64.0. The zero-order chi connectivity index (χ0) is 19.8. The van der Waals surface area contributed by atoms with Crippen molar-refractivity contribution < 1.29 is 21.6 Å². The quantitative estimate of drug-likeness (QED) is 0.784. The first-order valence-electron chi connectivity index (χ1n) is 8.64. The second kappa shape index (κ2) is 7.14. The molecule has 0 radical (unpaired) electrons. The SMILES string of the molecule is CN(c1cc(C(F)(F)F)nn1-c1ccc(S(C)(=O)=O)nc1)C1CCCCC1. The van der Waals surface area contributed by atoms with Gasteiger partial charge in [-0.05, 0) is 25.0 Å². The minimum Gasteiger partial charge on any atom is -0.357 e. The third-order valence-electron chi connectivity index (χ3n) is 4.81. The van der Waals surface area contributed by atoms with Crippen LogP contribution >= 0.6 is 0 Å². The zero-order valence-electron chi connectivity index (χ0n) is 15.1. The Morgan fingerprint density at radius 3 is 2.37 bits per heavy atom. The molecule has 148 valence electrons. The number of nitrogens with zero attached hydrogens (tertiary/aromatic N) is 4. The molecular formula is C17H21F3N4O2S. The molecule has 0 bridgehead atoms. The summed E-state index contributed by atoms with van der Waals surface area (Å²) in [5.74, 6) is 0.308. The van der Waals surface area contributed by atoms with Crippen LogP contribution in [-0.4, -0.2) is 42.5 Å². The molecule has 0 unspecified atom stereocenters. The summed E-state index contributed by atoms with van der Waals surface area (Å²) in [4.78, 5) is 5.69. The van der Waals surface area contributed by atoms with Crippen molar-refractivity contribution in [2.45, 2.75) is 49.3 Å². The van der Waals surface area contributed by atoms with Gasteiger partial charge in [0.15, 0.2) is 20.6 Å². The van der Waals surface area contributed by atoms with Crippen LogP contribution in [0.25, 0.3) is 5.69 Å². The van der Waals surface area contributed by atoms with E-state index in [0.717, 1.165) is 44.4 Å². The standard InChI is InChI=1S/C17H21F3N4O2S/c1-23(12-6-4-3-5-7-12)16-10-14(17(18,19)20)22-24(16)13-8-9-15(21-11-13)27(2,25)26/h8-12H,3-7H2,1-2H3. The number of hydrogen-bond donors (Lipinski definition) is 0. The number of anilines is 1. The number of rotatable bonds is 4. The Morgan fingerprint density at radius 1 is 1.19 bits per heavy atom. The fraction of sp³-hybridized carbons (Fsp3) is 0.529. The molecule has 2 aromatic rings. The van der Waals surface area contributed by atoms with Crippen molar-refractivity contribution >= 4 is 15.7 Å². The normalized spacial score (nSPS) is 16.5. The van der Waals surface area contributed by atoms with Crippen LogP contribution in [0.2, 0.25) is 0 Å². The van der Waals surface area contributed by atoms with Crippen molar-refractivity contribution in [2.24, 2.45) is 0 Å². The van der Waals surface area contributed by atoms with E-state index in [9.17, 15) is 21.6 Å². The Bertz CT molecular complexity index is 901. The van der Waals surface area contributed by atoms with Gasteiger partial charge in [-0.2, -0.15) is 18.3 Å². The lowest BCUT2D eigenvalue weighted by atomic mass is 9.94. The largest absolute Gasteiger partial charge is 0.435 e. The summed E-state index contributed by atoms with van der Waals surface area (Å²) in [6.45, 7) is 0. The van der Waals surface area contributed by atoms with Gasteiger partial charge in [0.25, 0.3) is 0 Å². The van der Waals surface area contributed by atoms with Crippen molar-refractivity contribution in [3.8, 4) is 5.69 Å². The Labute approximate surface area is 155 Å². The van der Waals surface area contributed by atoms with Crippen LogP contribution in [0.5, 0.6) is 0 Å². The molecule has 0 aliphatic heterocycles. The Morgan fingerprint density at radius 2 is 1.85 bits per heavy atom. The van der Waals surface area contributed by atoms with Crippen LogP contribution in [-0.2, 0) is 16.0 Å². The van der Waals surface area contributed by atoms with Gasteiger partial charge in [0.2, 0.25) is 0 Å². The van der Waals surface area contributed by atoms with Crippen LogP contribution in [0, 0.1) is 0 Å². The fourth-order valence-electron chi connectivity index (χ4n) is 3.32. The number of sulfone groups is 1. The van der Waals surface area contributed by atoms with Gasteiger partial charge in [-0.1, -0.05) is 19.3 Å². The van der Waals surface area contributed by atoms with Crippen molar-refractivity contribution in [2.75, 3.05) is 18.2 Å². The first-order chi connectivity index (χ1) is 12.6. The second-order valence-corrected chi connectivity index (χ2v) is 8.79. The average Bonchev–Trinajstić information content (AvgIpc) is 3.07. The summed E-state index contributed by atoms with van der Waals surface area (Å²) >= 11 is 0. The first-order valence-corrected chi connectivity index (χ1v) is 10.5. The van der Waals surface area contributed by atoms with Gasteiger partial charge in [0, 0.05) is 25.4 Å². The molecule has 10 heteroatoms. The third kappa shape index (κ3) is 4.26. The summed E-state index contributed by atoms with van der Waals surface area (Å²) in [5.41, 5.74) is -0.720. The Kier molecular flexibility index (Phi) is 5.20. The van der Waals surface area contributed by atoms with E-state index in [1.165, 1.54) is 23.0 Å². The van der Waals surface area contributed by atoms with Crippen LogP contribution in [0.1, 0.15) is 37.8 Å². The van der Waals surface area contributed by atoms with E-state index in [-0.39, 0.29) is 16.8 Å². The van der Waals surface area contributed by atoms with E-state index in [1.54, 1.807) is 7.05 Å². The third-order valence-corrected chi connectivity index (χ3v) is 5.81. The minimum atomic E-state index is -4.58. The molecule has 1 aliphatic carbocycles. The smallest absolute Gasteiger partial charge is 0.357 e. The van der Waals surface area contributed by atoms with Crippen LogP contribution in [0.15, 0.2) is 29.4 Å². The molecule has 3 rings (SSSR count). The maximum Gasteiger partial charge on any atom is 0.435 e. The molecule has 0 aromatic carbocycles. The molecule has 2 heterocycles. The van der Waals surface area contributed by atoms with Crippen LogP contribution in [0.4, 0.5) is 19.0 Å². The highest BCUT2D eigenvalue weighted by atomic mass is 32.2. The number of aromatic nitrogens is 3. The molecule has 0 atom stereocenters. The van der Waals surface area contributed by atoms with E-state index >= 15 is 0 Å². The topological polar surface area (TPSA) is 68.1 Å². The predicted molar refractivity (Wildman–Crippen MR) is 94.7 cm³/mol. The molecule has 1 fully saturated rings. The van der Waals surface area contributed by atoms with Crippen molar-refractivity contribution in [3.63, 3.8) is 0 Å². The van der Waals surface area contributed by atoms with Crippen molar-refractivity contribution in [3.05, 3.63) is 30.1 Å². The maximum atomic E-state index is 13.2. The van der Waals surface area contributed by atoms with E-state index in [4.69, 9.17) is 0 Å². The molecule has 1 saturated carbocycles. The molecule has 0 amide bonds. The highest BCUT2D eigenvalue weighted by molar-refractivity contribution is 7.90. The average molecular weight is 402 g/mol. The first kappa shape index (κ1) is 19.7. The van der Waals surface area contributed by atoms with Crippen LogP contribution in [0.3, 0.4) is 0 Å². The zero-order valence-corrected chi connectivity index (χ0v) is 15.9. The lowest BCUT2D eigenvalue weighted by Gasteiger charge is -2.32. The second-order valence-electron chi connectivity index (χ2n) is 6.83. The number of alkyl halides is 3. The summed E-state index contributed by atoms with van der Waals surface area (Å²) in [5, 5.41) is 3.58. The Hall–Kier alpha value is -2.10. The van der Waals surface area contributed by atoms with Gasteiger partial charge in [-0.15, -0.1) is 0 Å². The minimum absolute atomic E-state index is 0.138. The van der Waals surface area contributed by atoms with Gasteiger partial charge in [0.05, 0.1) is 11.9 Å². The lowest BCUT2D eigenvalue weighted by molar-refractivity contribution is -0.141. The van der Waals surface area contributed by atoms with Gasteiger partial charge in [0.1, 0.15) is 5.82 Å². The van der Waals surface area contributed by atoms with Crippen LogP contribution < -0.4 is 4.90 Å². The summed E-state index contributed by atoms with van der Waals surface area (Å²) in [6.07, 6.45) is 2.71. The number of pyridine rings is 1. The molecule has 0 N–H and O–H groups in total. The fourth-order valence-corrected chi connectivity index (χ4v) is 3.88. The highest BCUT2D eigenvalue weighted by Crippen LogP contribution is 2.34. The van der Waals surface area contributed by atoms with E-state index < -0.39 is 21.7 Å². The highest BCUT2D eigenvalue weighted by Gasteiger charge is 2.36.